The third kappa shape index (κ3) is 32.9. The van der Waals surface area contributed by atoms with Gasteiger partial charge in [-0.15, -0.1) is 0 Å². The average Bonchev–Trinajstić information content (AvgIpc) is 2.58. The second-order valence-electron chi connectivity index (χ2n) is 7.29. The van der Waals surface area contributed by atoms with Gasteiger partial charge in [-0.3, -0.25) is 0 Å². The Labute approximate surface area is 197 Å². The summed E-state index contributed by atoms with van der Waals surface area (Å²) >= 11 is 0. The Morgan fingerprint density at radius 2 is 0.833 bits per heavy atom. The van der Waals surface area contributed by atoms with E-state index in [1.807, 2.05) is 0 Å². The zero-order chi connectivity index (χ0) is 30.2. The first-order valence-corrected chi connectivity index (χ1v) is 9.76. The maximum atomic E-state index is 12.3. The Kier molecular flexibility index (Phi) is 20.3. The lowest BCUT2D eigenvalue weighted by atomic mass is 10.1. The number of hydrogen-bond acceptors (Lipinski definition) is 4. The van der Waals surface area contributed by atoms with Crippen LogP contribution >= 0.6 is 0 Å². The van der Waals surface area contributed by atoms with Gasteiger partial charge in [-0.25, -0.2) is 35.1 Å². The Hall–Kier alpha value is -1.14. The molecule has 0 atom stereocenters. The first-order chi connectivity index (χ1) is 15.6. The fraction of sp³-hybridized carbons (Fsp3) is 1.00. The lowest BCUT2D eigenvalue weighted by Crippen LogP contribution is -2.41. The summed E-state index contributed by atoms with van der Waals surface area (Å²) in [7, 11) is 0. The second kappa shape index (κ2) is 17.4. The number of halogens is 14. The largest absolute Gasteiger partial charge is 0.423 e. The molecule has 0 aromatic heterocycles. The summed E-state index contributed by atoms with van der Waals surface area (Å²) in [6, 6.07) is 0. The van der Waals surface area contributed by atoms with Crippen LogP contribution in [0.4, 0.5) is 61.5 Å². The molecule has 0 radical (unpaired) electrons. The molecule has 0 saturated heterocycles. The van der Waals surface area contributed by atoms with Gasteiger partial charge in [0.25, 0.3) is 11.8 Å². The number of hydrogen-bond donors (Lipinski definition) is 4. The second-order valence-corrected chi connectivity index (χ2v) is 7.29. The van der Waals surface area contributed by atoms with Crippen LogP contribution in [0.15, 0.2) is 0 Å². The minimum atomic E-state index is -5.63. The van der Waals surface area contributed by atoms with Gasteiger partial charge in [-0.2, -0.15) is 26.3 Å². The van der Waals surface area contributed by atoms with Gasteiger partial charge in [-0.05, 0) is 13.8 Å². The maximum Gasteiger partial charge on any atom is 0.423 e. The number of rotatable bonds is 9. The highest BCUT2D eigenvalue weighted by molar-refractivity contribution is 4.73. The molecular formula is C18H30F14O4. The summed E-state index contributed by atoms with van der Waals surface area (Å²) < 4.78 is 161. The molecule has 4 nitrogen and oxygen atoms in total. The van der Waals surface area contributed by atoms with Crippen molar-refractivity contribution in [2.75, 3.05) is 19.8 Å². The fourth-order valence-corrected chi connectivity index (χ4v) is 1.43. The molecule has 4 N–H and O–H groups in total. The van der Waals surface area contributed by atoms with Gasteiger partial charge < -0.3 is 20.4 Å². The molecule has 0 heterocycles. The molecule has 0 aliphatic rings. The Balaban J connectivity index is -0.000000192. The van der Waals surface area contributed by atoms with Gasteiger partial charge >= 0.3 is 12.4 Å². The van der Waals surface area contributed by atoms with Gasteiger partial charge in [0, 0.05) is 45.5 Å². The molecule has 0 fully saturated rings. The number of aliphatic hydroxyl groups excluding tert-OH is 4. The van der Waals surface area contributed by atoms with E-state index in [4.69, 9.17) is 20.4 Å². The van der Waals surface area contributed by atoms with Crippen molar-refractivity contribution < 1.29 is 81.9 Å². The smallest absolute Gasteiger partial charge is 0.396 e. The maximum absolute atomic E-state index is 12.3. The minimum absolute atomic E-state index is 0.187. The van der Waals surface area contributed by atoms with E-state index in [0.717, 1.165) is 6.92 Å². The SMILES string of the molecule is CC(F)(F)CC(F)(F)CCO.CC(F)(F)CCO.CCC(F)(F)CCO.OC(C(F)(F)F)C(F)(F)F. The quantitative estimate of drug-likeness (QED) is 0.256. The normalized spacial score (nSPS) is 13.2. The molecule has 0 unspecified atom stereocenters. The highest BCUT2D eigenvalue weighted by Gasteiger charge is 2.55. The van der Waals surface area contributed by atoms with E-state index in [9.17, 15) is 61.5 Å². The highest BCUT2D eigenvalue weighted by atomic mass is 19.4. The average molecular weight is 576 g/mol. The summed E-state index contributed by atoms with van der Waals surface area (Å²) in [4.78, 5) is 0. The monoisotopic (exact) mass is 576 g/mol. The lowest BCUT2D eigenvalue weighted by Gasteiger charge is -2.18. The molecule has 0 aliphatic heterocycles. The minimum Gasteiger partial charge on any atom is -0.396 e. The van der Waals surface area contributed by atoms with E-state index in [-0.39, 0.29) is 6.42 Å². The van der Waals surface area contributed by atoms with E-state index >= 15 is 0 Å². The van der Waals surface area contributed by atoms with Gasteiger partial charge in [0.05, 0.1) is 6.42 Å². The molecule has 0 aromatic carbocycles. The van der Waals surface area contributed by atoms with Crippen molar-refractivity contribution in [2.45, 2.75) is 95.0 Å². The summed E-state index contributed by atoms with van der Waals surface area (Å²) in [5.41, 5.74) is 0. The molecule has 0 bridgehead atoms. The number of alkyl halides is 14. The van der Waals surface area contributed by atoms with Crippen LogP contribution in [0.3, 0.4) is 0 Å². The van der Waals surface area contributed by atoms with Crippen molar-refractivity contribution in [3.05, 3.63) is 0 Å². The first-order valence-electron chi connectivity index (χ1n) is 9.76. The summed E-state index contributed by atoms with van der Waals surface area (Å²) in [5.74, 6) is -12.2. The van der Waals surface area contributed by atoms with Gasteiger partial charge in [0.2, 0.25) is 17.9 Å². The van der Waals surface area contributed by atoms with E-state index in [2.05, 4.69) is 0 Å². The molecule has 0 saturated carbocycles. The number of aliphatic hydroxyl groups is 4. The van der Waals surface area contributed by atoms with E-state index in [1.54, 1.807) is 0 Å². The van der Waals surface area contributed by atoms with Crippen molar-refractivity contribution >= 4 is 0 Å². The van der Waals surface area contributed by atoms with Crippen molar-refractivity contribution in [2.24, 2.45) is 0 Å². The molecule has 36 heavy (non-hydrogen) atoms. The molecular weight excluding hydrogens is 546 g/mol. The predicted octanol–water partition coefficient (Wildman–Crippen LogP) is 5.96. The van der Waals surface area contributed by atoms with E-state index in [0.29, 0.717) is 6.92 Å². The van der Waals surface area contributed by atoms with Crippen LogP contribution in [0.5, 0.6) is 0 Å². The zero-order valence-electron chi connectivity index (χ0n) is 19.3. The van der Waals surface area contributed by atoms with Gasteiger partial charge in [-0.1, -0.05) is 6.92 Å². The van der Waals surface area contributed by atoms with Crippen LogP contribution < -0.4 is 0 Å². The van der Waals surface area contributed by atoms with Crippen molar-refractivity contribution in [3.63, 3.8) is 0 Å². The molecule has 0 aromatic rings. The van der Waals surface area contributed by atoms with Crippen LogP contribution in [0, 0.1) is 0 Å². The van der Waals surface area contributed by atoms with Crippen LogP contribution in [0.2, 0.25) is 0 Å². The Morgan fingerprint density at radius 3 is 0.944 bits per heavy atom. The molecule has 18 heteroatoms. The fourth-order valence-electron chi connectivity index (χ4n) is 1.43. The third-order valence-electron chi connectivity index (χ3n) is 3.21. The summed E-state index contributed by atoms with van der Waals surface area (Å²) in [5, 5.41) is 31.5. The summed E-state index contributed by atoms with van der Waals surface area (Å²) in [6.45, 7) is 0.963. The predicted molar refractivity (Wildman–Crippen MR) is 99.3 cm³/mol. The Morgan fingerprint density at radius 1 is 0.528 bits per heavy atom. The molecule has 0 amide bonds. The van der Waals surface area contributed by atoms with Crippen LogP contribution in [0.1, 0.15) is 52.9 Å². The van der Waals surface area contributed by atoms with Crippen molar-refractivity contribution in [1.29, 1.82) is 0 Å². The van der Waals surface area contributed by atoms with Gasteiger partial charge in [0.1, 0.15) is 0 Å². The molecule has 0 spiro atoms. The highest BCUT2D eigenvalue weighted by Crippen LogP contribution is 2.33. The van der Waals surface area contributed by atoms with E-state index in [1.165, 1.54) is 6.92 Å². The standard InChI is InChI=1S/C6H10F4O.C5H10F2O.C4H8F2O.C3H2F6O/c1-5(7,8)4-6(9,10)2-3-11;1-2-5(6,7)3-4-8;1-4(5,6)2-3-7;4-2(5,6)1(10)3(7,8)9/h11H,2-4H2,1H3;8H,2-4H2,1H3;7H,2-3H2,1H3;1,10H. The van der Waals surface area contributed by atoms with Crippen LogP contribution in [-0.4, -0.2) is 82.4 Å². The van der Waals surface area contributed by atoms with Crippen LogP contribution in [-0.2, 0) is 0 Å². The molecule has 0 aliphatic carbocycles. The zero-order valence-corrected chi connectivity index (χ0v) is 19.3. The topological polar surface area (TPSA) is 80.9 Å². The molecule has 0 rings (SSSR count). The lowest BCUT2D eigenvalue weighted by molar-refractivity contribution is -0.308. The van der Waals surface area contributed by atoms with Crippen molar-refractivity contribution in [3.8, 4) is 0 Å². The first kappa shape index (κ1) is 42.0. The van der Waals surface area contributed by atoms with Crippen molar-refractivity contribution in [1.82, 2.24) is 0 Å². The van der Waals surface area contributed by atoms with E-state index < -0.39 is 87.7 Å². The van der Waals surface area contributed by atoms with Gasteiger partial charge in [0.15, 0.2) is 0 Å². The third-order valence-corrected chi connectivity index (χ3v) is 3.21. The molecule has 224 valence electrons. The van der Waals surface area contributed by atoms with Crippen LogP contribution in [0.25, 0.3) is 0 Å². The Bertz CT molecular complexity index is 512. The summed E-state index contributed by atoms with van der Waals surface area (Å²) in [6.07, 6.45) is -18.9.